The lowest BCUT2D eigenvalue weighted by Gasteiger charge is -2.16. The van der Waals surface area contributed by atoms with Gasteiger partial charge in [-0.1, -0.05) is 6.58 Å². The highest BCUT2D eigenvalue weighted by atomic mass is 32.2. The van der Waals surface area contributed by atoms with E-state index in [1.807, 2.05) is 12.1 Å². The van der Waals surface area contributed by atoms with E-state index in [0.29, 0.717) is 11.4 Å². The highest BCUT2D eigenvalue weighted by Crippen LogP contribution is 2.34. The highest BCUT2D eigenvalue weighted by Gasteiger charge is 2.13. The monoisotopic (exact) mass is 414 g/mol. The summed E-state index contributed by atoms with van der Waals surface area (Å²) >= 11 is 1.32. The van der Waals surface area contributed by atoms with E-state index in [1.54, 1.807) is 37.8 Å². The molecule has 0 aliphatic carbocycles. The van der Waals surface area contributed by atoms with Crippen LogP contribution in [0.4, 0.5) is 31.5 Å². The maximum atomic E-state index is 14.2. The number of rotatable bonds is 7. The average molecular weight is 414 g/mol. The Balaban J connectivity index is 2.12. The van der Waals surface area contributed by atoms with Crippen molar-refractivity contribution in [3.05, 3.63) is 82.6 Å². The van der Waals surface area contributed by atoms with E-state index < -0.39 is 11.6 Å². The Morgan fingerprint density at radius 1 is 1.07 bits per heavy atom. The van der Waals surface area contributed by atoms with Crippen molar-refractivity contribution in [3.63, 3.8) is 0 Å². The van der Waals surface area contributed by atoms with Crippen LogP contribution in [-0.2, 0) is 7.05 Å². The molecule has 0 fully saturated rings. The number of nitrogens with zero attached hydrogens (tertiary/aromatic N) is 1. The summed E-state index contributed by atoms with van der Waals surface area (Å²) in [5, 5.41) is 7.57. The van der Waals surface area contributed by atoms with Crippen LogP contribution < -0.4 is 20.9 Å². The molecule has 0 atom stereocenters. The molecule has 3 rings (SSSR count). The third-order valence-electron chi connectivity index (χ3n) is 4.24. The van der Waals surface area contributed by atoms with Crippen molar-refractivity contribution in [2.75, 3.05) is 22.4 Å². The van der Waals surface area contributed by atoms with E-state index in [0.717, 1.165) is 22.9 Å². The Kier molecular flexibility index (Phi) is 6.23. The van der Waals surface area contributed by atoms with Crippen molar-refractivity contribution in [3.8, 4) is 11.1 Å². The highest BCUT2D eigenvalue weighted by molar-refractivity contribution is 8.03. The van der Waals surface area contributed by atoms with E-state index >= 15 is 0 Å². The first kappa shape index (κ1) is 20.5. The molecule has 0 radical (unpaired) electrons. The standard InChI is InChI=1S/C21H20F2N4OS/c1-4-29-26-15-6-8-18(25-19-7-5-14(22)10-17(19)23)16(11-15)13-9-20(24-2)21(28)27(3)12-13/h4-12,24-26H,1H2,2-3H3. The van der Waals surface area contributed by atoms with Crippen LogP contribution in [0.2, 0.25) is 0 Å². The molecule has 0 bridgehead atoms. The third kappa shape index (κ3) is 4.60. The van der Waals surface area contributed by atoms with E-state index in [2.05, 4.69) is 21.9 Å². The Labute approximate surface area is 171 Å². The molecule has 0 aliphatic rings. The summed E-state index contributed by atoms with van der Waals surface area (Å²) < 4.78 is 32.0. The van der Waals surface area contributed by atoms with Gasteiger partial charge in [-0.05, 0) is 53.8 Å². The molecule has 5 nitrogen and oxygen atoms in total. The lowest BCUT2D eigenvalue weighted by atomic mass is 10.0. The van der Waals surface area contributed by atoms with Crippen molar-refractivity contribution in [2.24, 2.45) is 7.05 Å². The first-order chi connectivity index (χ1) is 13.9. The van der Waals surface area contributed by atoms with E-state index in [9.17, 15) is 13.6 Å². The summed E-state index contributed by atoms with van der Waals surface area (Å²) in [7, 11) is 3.33. The Hall–Kier alpha value is -3.26. The van der Waals surface area contributed by atoms with Crippen LogP contribution in [0.1, 0.15) is 0 Å². The second-order valence-corrected chi connectivity index (χ2v) is 6.98. The number of anilines is 4. The number of nitrogens with one attached hydrogen (secondary N) is 3. The van der Waals surface area contributed by atoms with Crippen LogP contribution >= 0.6 is 11.9 Å². The van der Waals surface area contributed by atoms with Gasteiger partial charge in [0.2, 0.25) is 0 Å². The lowest BCUT2D eigenvalue weighted by Crippen LogP contribution is -2.19. The van der Waals surface area contributed by atoms with Crippen LogP contribution in [0, 0.1) is 11.6 Å². The van der Waals surface area contributed by atoms with Gasteiger partial charge in [0.25, 0.3) is 5.56 Å². The number of pyridine rings is 1. The largest absolute Gasteiger partial charge is 0.384 e. The molecule has 150 valence electrons. The molecule has 2 aromatic carbocycles. The maximum Gasteiger partial charge on any atom is 0.273 e. The van der Waals surface area contributed by atoms with Gasteiger partial charge in [0, 0.05) is 48.9 Å². The first-order valence-corrected chi connectivity index (χ1v) is 9.58. The second kappa shape index (κ2) is 8.83. The molecular formula is C21H20F2N4OS. The van der Waals surface area contributed by atoms with Crippen LogP contribution in [0.3, 0.4) is 0 Å². The van der Waals surface area contributed by atoms with E-state index in [1.165, 1.54) is 28.6 Å². The van der Waals surface area contributed by atoms with Gasteiger partial charge in [-0.3, -0.25) is 4.79 Å². The number of hydrogen-bond donors (Lipinski definition) is 3. The average Bonchev–Trinajstić information content (AvgIpc) is 2.71. The summed E-state index contributed by atoms with van der Waals surface area (Å²) in [6.07, 6.45) is 1.70. The first-order valence-electron chi connectivity index (χ1n) is 8.70. The topological polar surface area (TPSA) is 58.1 Å². The van der Waals surface area contributed by atoms with Crippen molar-refractivity contribution >= 4 is 34.7 Å². The Bertz CT molecular complexity index is 1110. The van der Waals surface area contributed by atoms with Crippen LogP contribution in [0.5, 0.6) is 0 Å². The molecule has 0 spiro atoms. The van der Waals surface area contributed by atoms with Crippen LogP contribution in [-0.4, -0.2) is 11.6 Å². The maximum absolute atomic E-state index is 14.2. The van der Waals surface area contributed by atoms with Gasteiger partial charge in [-0.2, -0.15) is 0 Å². The molecule has 0 aliphatic heterocycles. The second-order valence-electron chi connectivity index (χ2n) is 6.20. The molecule has 1 aromatic heterocycles. The number of aromatic nitrogens is 1. The Morgan fingerprint density at radius 2 is 1.83 bits per heavy atom. The van der Waals surface area contributed by atoms with Crippen molar-refractivity contribution in [1.29, 1.82) is 0 Å². The van der Waals surface area contributed by atoms with Gasteiger partial charge in [0.15, 0.2) is 0 Å². The van der Waals surface area contributed by atoms with Crippen molar-refractivity contribution in [2.45, 2.75) is 0 Å². The number of aryl methyl sites for hydroxylation is 1. The number of halogens is 2. The molecule has 3 aromatic rings. The fourth-order valence-corrected chi connectivity index (χ4v) is 3.19. The van der Waals surface area contributed by atoms with Gasteiger partial charge >= 0.3 is 0 Å². The Morgan fingerprint density at radius 3 is 2.52 bits per heavy atom. The number of hydrogen-bond acceptors (Lipinski definition) is 5. The van der Waals surface area contributed by atoms with Gasteiger partial charge < -0.3 is 19.9 Å². The normalized spacial score (nSPS) is 10.5. The minimum Gasteiger partial charge on any atom is -0.384 e. The van der Waals surface area contributed by atoms with Gasteiger partial charge in [0.1, 0.15) is 17.3 Å². The zero-order valence-corrected chi connectivity index (χ0v) is 16.7. The van der Waals surface area contributed by atoms with Crippen LogP contribution in [0.15, 0.2) is 65.4 Å². The summed E-state index contributed by atoms with van der Waals surface area (Å²) in [5.74, 6) is -1.34. The fourth-order valence-electron chi connectivity index (χ4n) is 2.84. The van der Waals surface area contributed by atoms with Crippen LogP contribution in [0.25, 0.3) is 11.1 Å². The molecule has 0 amide bonds. The predicted octanol–water partition coefficient (Wildman–Crippen LogP) is 5.32. The molecule has 1 heterocycles. The van der Waals surface area contributed by atoms with E-state index in [-0.39, 0.29) is 11.2 Å². The van der Waals surface area contributed by atoms with Gasteiger partial charge in [-0.25, -0.2) is 8.78 Å². The minimum absolute atomic E-state index is 0.146. The molecule has 3 N–H and O–H groups in total. The predicted molar refractivity (Wildman–Crippen MR) is 118 cm³/mol. The van der Waals surface area contributed by atoms with Gasteiger partial charge in [0.05, 0.1) is 5.69 Å². The number of benzene rings is 2. The molecule has 8 heteroatoms. The fraction of sp³-hybridized carbons (Fsp3) is 0.0952. The minimum atomic E-state index is -0.697. The van der Waals surface area contributed by atoms with Crippen molar-refractivity contribution < 1.29 is 8.78 Å². The third-order valence-corrected chi connectivity index (χ3v) is 4.76. The summed E-state index contributed by atoms with van der Waals surface area (Å²) in [6, 6.07) is 10.6. The summed E-state index contributed by atoms with van der Waals surface area (Å²) in [4.78, 5) is 12.2. The summed E-state index contributed by atoms with van der Waals surface area (Å²) in [5.41, 5.74) is 3.30. The molecule has 0 saturated carbocycles. The molecule has 29 heavy (non-hydrogen) atoms. The summed E-state index contributed by atoms with van der Waals surface area (Å²) in [6.45, 7) is 3.66. The van der Waals surface area contributed by atoms with Gasteiger partial charge in [-0.15, -0.1) is 0 Å². The molecular weight excluding hydrogens is 394 g/mol. The SMILES string of the molecule is C=CSNc1ccc(Nc2ccc(F)cc2F)c(-c2cc(NC)c(=O)n(C)c2)c1. The van der Waals surface area contributed by atoms with Crippen molar-refractivity contribution in [1.82, 2.24) is 4.57 Å². The zero-order chi connectivity index (χ0) is 21.0. The van der Waals surface area contributed by atoms with E-state index in [4.69, 9.17) is 0 Å². The lowest BCUT2D eigenvalue weighted by molar-refractivity contribution is 0.586. The smallest absolute Gasteiger partial charge is 0.273 e. The zero-order valence-electron chi connectivity index (χ0n) is 15.9. The molecule has 0 saturated heterocycles. The quantitative estimate of drug-likeness (QED) is 0.457. The molecule has 0 unspecified atom stereocenters.